The summed E-state index contributed by atoms with van der Waals surface area (Å²) in [5.74, 6) is 1.01. The van der Waals surface area contributed by atoms with Gasteiger partial charge < -0.3 is 14.6 Å². The van der Waals surface area contributed by atoms with Crippen LogP contribution in [0, 0.1) is 6.92 Å². The Morgan fingerprint density at radius 2 is 1.97 bits per heavy atom. The quantitative estimate of drug-likeness (QED) is 0.623. The van der Waals surface area contributed by atoms with Gasteiger partial charge in [-0.3, -0.25) is 4.79 Å². The summed E-state index contributed by atoms with van der Waals surface area (Å²) in [6.45, 7) is 2.80. The zero-order valence-corrected chi connectivity index (χ0v) is 16.5. The molecule has 0 unspecified atom stereocenters. The molecule has 1 aliphatic heterocycles. The van der Waals surface area contributed by atoms with Crippen molar-refractivity contribution in [2.45, 2.75) is 38.8 Å². The first-order valence-electron chi connectivity index (χ1n) is 10.2. The van der Waals surface area contributed by atoms with E-state index in [0.717, 1.165) is 41.2 Å². The van der Waals surface area contributed by atoms with Gasteiger partial charge in [-0.25, -0.2) is 0 Å². The highest BCUT2D eigenvalue weighted by molar-refractivity contribution is 6.00. The summed E-state index contributed by atoms with van der Waals surface area (Å²) in [5, 5.41) is 3.59. The van der Waals surface area contributed by atoms with E-state index in [2.05, 4.69) is 59.6 Å². The zero-order chi connectivity index (χ0) is 19.8. The molecule has 29 heavy (non-hydrogen) atoms. The van der Waals surface area contributed by atoms with Crippen LogP contribution in [0.4, 0.5) is 11.4 Å². The first kappa shape index (κ1) is 17.8. The maximum absolute atomic E-state index is 13.1. The minimum absolute atomic E-state index is 0.210. The maximum Gasteiger partial charge on any atom is 0.163 e. The first-order valence-corrected chi connectivity index (χ1v) is 10.2. The van der Waals surface area contributed by atoms with Crippen molar-refractivity contribution in [1.29, 1.82) is 0 Å². The number of allylic oxidation sites excluding steroid dienone is 1. The van der Waals surface area contributed by atoms with Crippen molar-refractivity contribution in [1.82, 2.24) is 0 Å². The summed E-state index contributed by atoms with van der Waals surface area (Å²) in [5.41, 5.74) is 6.43. The molecule has 3 aromatic rings. The van der Waals surface area contributed by atoms with Gasteiger partial charge in [0.15, 0.2) is 5.78 Å². The molecule has 0 radical (unpaired) electrons. The number of carbonyl (C=O) groups excluding carboxylic acids is 1. The van der Waals surface area contributed by atoms with Crippen LogP contribution in [0.5, 0.6) is 0 Å². The van der Waals surface area contributed by atoms with Gasteiger partial charge in [0.05, 0.1) is 17.6 Å². The molecule has 1 aromatic heterocycles. The van der Waals surface area contributed by atoms with Gasteiger partial charge in [-0.05, 0) is 49.6 Å². The Labute approximate surface area is 170 Å². The first-order chi connectivity index (χ1) is 14.2. The molecule has 1 N–H and O–H groups in total. The predicted octanol–water partition coefficient (Wildman–Crippen LogP) is 5.77. The van der Waals surface area contributed by atoms with Gasteiger partial charge in [0.2, 0.25) is 0 Å². The van der Waals surface area contributed by atoms with Crippen LogP contribution in [0.2, 0.25) is 0 Å². The average molecular weight is 384 g/mol. The highest BCUT2D eigenvalue weighted by Gasteiger charge is 2.38. The summed E-state index contributed by atoms with van der Waals surface area (Å²) in [6.07, 6.45) is 4.05. The van der Waals surface area contributed by atoms with E-state index in [9.17, 15) is 4.79 Å². The van der Waals surface area contributed by atoms with Crippen LogP contribution in [0.1, 0.15) is 42.2 Å². The molecule has 0 saturated carbocycles. The Morgan fingerprint density at radius 1 is 1.07 bits per heavy atom. The number of nitrogens with one attached hydrogen (secondary N) is 1. The second-order valence-electron chi connectivity index (χ2n) is 7.85. The number of carbonyl (C=O) groups is 1. The van der Waals surface area contributed by atoms with E-state index in [-0.39, 0.29) is 11.8 Å². The van der Waals surface area contributed by atoms with Crippen molar-refractivity contribution in [2.24, 2.45) is 0 Å². The molecule has 0 fully saturated rings. The van der Waals surface area contributed by atoms with E-state index >= 15 is 0 Å². The molecular weight excluding hydrogens is 360 g/mol. The third-order valence-corrected chi connectivity index (χ3v) is 5.79. The summed E-state index contributed by atoms with van der Waals surface area (Å²) in [7, 11) is 0. The fraction of sp³-hybridized carbons (Fsp3) is 0.240. The van der Waals surface area contributed by atoms with E-state index in [1.165, 1.54) is 11.1 Å². The van der Waals surface area contributed by atoms with E-state index in [1.807, 2.05) is 18.2 Å². The van der Waals surface area contributed by atoms with Crippen LogP contribution >= 0.6 is 0 Å². The Morgan fingerprint density at radius 3 is 2.79 bits per heavy atom. The molecular formula is C25H24N2O2. The van der Waals surface area contributed by atoms with E-state index in [4.69, 9.17) is 4.42 Å². The largest absolute Gasteiger partial charge is 0.467 e. The highest BCUT2D eigenvalue weighted by Crippen LogP contribution is 2.45. The molecule has 0 amide bonds. The third-order valence-electron chi connectivity index (χ3n) is 5.79. The standard InChI is InChI=1S/C25H24N2O2/c1-17-7-4-8-18(15-17)16-27-21-11-3-2-9-19(21)26-20-10-5-12-22(28)24(20)25(27)23-13-6-14-29-23/h2-4,6-9,11,13-15,25-26H,5,10,12,16H2,1H3/t25-/m0/s1. The molecule has 146 valence electrons. The van der Waals surface area contributed by atoms with Gasteiger partial charge in [0, 0.05) is 24.2 Å². The predicted molar refractivity (Wildman–Crippen MR) is 115 cm³/mol. The van der Waals surface area contributed by atoms with Gasteiger partial charge in [-0.15, -0.1) is 0 Å². The number of hydrogen-bond donors (Lipinski definition) is 1. The SMILES string of the molecule is Cc1cccc(CN2c3ccccc3NC3=C(C(=O)CCC3)[C@@H]2c2ccco2)c1. The molecule has 2 heterocycles. The van der Waals surface area contributed by atoms with Crippen LogP contribution in [0.15, 0.2) is 82.6 Å². The van der Waals surface area contributed by atoms with Crippen molar-refractivity contribution in [3.8, 4) is 0 Å². The van der Waals surface area contributed by atoms with Crippen LogP contribution in [-0.4, -0.2) is 5.78 Å². The summed E-state index contributed by atoms with van der Waals surface area (Å²) in [6, 6.07) is 20.5. The minimum Gasteiger partial charge on any atom is -0.467 e. The topological polar surface area (TPSA) is 45.5 Å². The highest BCUT2D eigenvalue weighted by atomic mass is 16.3. The van der Waals surface area contributed by atoms with Crippen LogP contribution in [0.3, 0.4) is 0 Å². The number of anilines is 2. The lowest BCUT2D eigenvalue weighted by molar-refractivity contribution is -0.116. The van der Waals surface area contributed by atoms with Crippen molar-refractivity contribution >= 4 is 17.2 Å². The van der Waals surface area contributed by atoms with Gasteiger partial charge in [-0.2, -0.15) is 0 Å². The van der Waals surface area contributed by atoms with Crippen molar-refractivity contribution in [3.05, 3.63) is 95.1 Å². The number of ketones is 1. The number of Topliss-reactive ketones (excluding diaryl/α,β-unsaturated/α-hetero) is 1. The maximum atomic E-state index is 13.1. The minimum atomic E-state index is -0.246. The second-order valence-corrected chi connectivity index (χ2v) is 7.85. The Bertz CT molecular complexity index is 1080. The number of rotatable bonds is 3. The molecule has 4 heteroatoms. The van der Waals surface area contributed by atoms with Crippen LogP contribution < -0.4 is 10.2 Å². The second kappa shape index (κ2) is 7.28. The number of furan rings is 1. The van der Waals surface area contributed by atoms with Crippen LogP contribution in [0.25, 0.3) is 0 Å². The molecule has 0 bridgehead atoms. The van der Waals surface area contributed by atoms with E-state index in [1.54, 1.807) is 6.26 Å². The normalized spacial score (nSPS) is 18.7. The number of aryl methyl sites for hydroxylation is 1. The molecule has 4 nitrogen and oxygen atoms in total. The Balaban J connectivity index is 1.71. The lowest BCUT2D eigenvalue weighted by Gasteiger charge is -2.34. The molecule has 1 aliphatic carbocycles. The summed E-state index contributed by atoms with van der Waals surface area (Å²) >= 11 is 0. The summed E-state index contributed by atoms with van der Waals surface area (Å²) in [4.78, 5) is 15.4. The van der Waals surface area contributed by atoms with Gasteiger partial charge in [-0.1, -0.05) is 42.0 Å². The third kappa shape index (κ3) is 3.25. The molecule has 1 atom stereocenters. The number of fused-ring (bicyclic) bond motifs is 1. The Hall–Kier alpha value is -3.27. The molecule has 0 spiro atoms. The number of para-hydroxylation sites is 2. The van der Waals surface area contributed by atoms with Gasteiger partial charge in [0.1, 0.15) is 11.8 Å². The smallest absolute Gasteiger partial charge is 0.163 e. The van der Waals surface area contributed by atoms with Crippen LogP contribution in [-0.2, 0) is 11.3 Å². The van der Waals surface area contributed by atoms with Gasteiger partial charge in [0.25, 0.3) is 0 Å². The fourth-order valence-corrected chi connectivity index (χ4v) is 4.52. The summed E-state index contributed by atoms with van der Waals surface area (Å²) < 4.78 is 5.88. The van der Waals surface area contributed by atoms with Crippen molar-refractivity contribution < 1.29 is 9.21 Å². The zero-order valence-electron chi connectivity index (χ0n) is 16.5. The number of nitrogens with zero attached hydrogens (tertiary/aromatic N) is 1. The van der Waals surface area contributed by atoms with Crippen molar-refractivity contribution in [3.63, 3.8) is 0 Å². The molecule has 5 rings (SSSR count). The molecule has 2 aliphatic rings. The lowest BCUT2D eigenvalue weighted by atomic mass is 9.88. The van der Waals surface area contributed by atoms with E-state index < -0.39 is 0 Å². The monoisotopic (exact) mass is 384 g/mol. The number of benzene rings is 2. The lowest BCUT2D eigenvalue weighted by Crippen LogP contribution is -2.32. The molecule has 0 saturated heterocycles. The fourth-order valence-electron chi connectivity index (χ4n) is 4.52. The molecule has 2 aromatic carbocycles. The Kier molecular flexibility index (Phi) is 4.47. The average Bonchev–Trinajstić information content (AvgIpc) is 3.20. The van der Waals surface area contributed by atoms with E-state index in [0.29, 0.717) is 13.0 Å². The van der Waals surface area contributed by atoms with Gasteiger partial charge >= 0.3 is 0 Å². The van der Waals surface area contributed by atoms with Crippen molar-refractivity contribution in [2.75, 3.05) is 10.2 Å². The number of hydrogen-bond acceptors (Lipinski definition) is 4.